The summed E-state index contributed by atoms with van der Waals surface area (Å²) in [6, 6.07) is 5.66. The van der Waals surface area contributed by atoms with Crippen molar-refractivity contribution in [1.82, 2.24) is 0 Å². The molecule has 0 saturated carbocycles. The molecule has 0 aliphatic heterocycles. The van der Waals surface area contributed by atoms with Crippen LogP contribution >= 0.6 is 0 Å². The molecule has 0 bridgehead atoms. The van der Waals surface area contributed by atoms with Crippen molar-refractivity contribution in [2.45, 2.75) is 0 Å². The summed E-state index contributed by atoms with van der Waals surface area (Å²) in [6.45, 7) is 0. The topological polar surface area (TPSA) is 73.7 Å². The maximum Gasteiger partial charge on any atom is 0.328 e. The monoisotopic (exact) mass is 162 g/mol. The lowest BCUT2D eigenvalue weighted by Gasteiger charge is -1.91. The zero-order valence-electron chi connectivity index (χ0n) is 6.14. The van der Waals surface area contributed by atoms with E-state index < -0.39 is 5.78 Å². The van der Waals surface area contributed by atoms with Gasteiger partial charge in [-0.15, -0.1) is 0 Å². The van der Waals surface area contributed by atoms with Gasteiger partial charge in [0.15, 0.2) is 0 Å². The lowest BCUT2D eigenvalue weighted by molar-refractivity contribution is 0.00234. The van der Waals surface area contributed by atoms with Gasteiger partial charge in [-0.3, -0.25) is 4.79 Å². The van der Waals surface area contributed by atoms with Gasteiger partial charge in [-0.1, -0.05) is 0 Å². The van der Waals surface area contributed by atoms with E-state index in [1.165, 1.54) is 24.3 Å². The summed E-state index contributed by atoms with van der Waals surface area (Å²) in [4.78, 5) is 13.6. The average molecular weight is 162 g/mol. The van der Waals surface area contributed by atoms with Gasteiger partial charge in [-0.05, 0) is 24.3 Å². The average Bonchev–Trinajstić information content (AvgIpc) is 2.06. The smallest absolute Gasteiger partial charge is 0.328 e. The maximum absolute atomic E-state index is 11.0. The third-order valence-electron chi connectivity index (χ3n) is 1.33. The molecule has 0 saturated heterocycles. The van der Waals surface area contributed by atoms with Crippen LogP contribution in [0.2, 0.25) is 0 Å². The maximum atomic E-state index is 11.0. The molecule has 12 heavy (non-hydrogen) atoms. The summed E-state index contributed by atoms with van der Waals surface area (Å²) in [5.41, 5.74) is 8.42. The number of nitrogens with zero attached hydrogens (tertiary/aromatic N) is 2. The molecule has 0 atom stereocenters. The van der Waals surface area contributed by atoms with Gasteiger partial charge in [0.1, 0.15) is 5.75 Å². The summed E-state index contributed by atoms with van der Waals surface area (Å²) in [6.07, 6.45) is 0.798. The summed E-state index contributed by atoms with van der Waals surface area (Å²) in [5, 5.41) is 8.87. The number of benzene rings is 1. The van der Waals surface area contributed by atoms with E-state index in [1.54, 1.807) is 0 Å². The quantitative estimate of drug-likeness (QED) is 0.303. The first kappa shape index (κ1) is 8.17. The number of hydrogen-bond donors (Lipinski definition) is 1. The Morgan fingerprint density at radius 3 is 2.50 bits per heavy atom. The summed E-state index contributed by atoms with van der Waals surface area (Å²) in [5.74, 6) is -0.315. The fraction of sp³-hybridized carbons (Fsp3) is 0. The first-order chi connectivity index (χ1) is 5.74. The number of Topliss-reactive ketones (excluding diaryl/α,β-unsaturated/α-hetero) is 1. The van der Waals surface area contributed by atoms with Crippen LogP contribution in [0.4, 0.5) is 0 Å². The van der Waals surface area contributed by atoms with Crippen LogP contribution in [0, 0.1) is 0 Å². The summed E-state index contributed by atoms with van der Waals surface area (Å²) in [7, 11) is 0. The van der Waals surface area contributed by atoms with Crippen molar-refractivity contribution < 1.29 is 14.7 Å². The highest BCUT2D eigenvalue weighted by Crippen LogP contribution is 2.09. The van der Waals surface area contributed by atoms with E-state index in [9.17, 15) is 4.79 Å². The first-order valence-corrected chi connectivity index (χ1v) is 3.25. The summed E-state index contributed by atoms with van der Waals surface area (Å²) < 4.78 is 0. The third kappa shape index (κ3) is 1.78. The number of carbonyl (C=O) groups excluding carboxylic acids is 1. The normalized spacial score (nSPS) is 8.67. The molecule has 1 aromatic rings. The molecule has 1 N–H and O–H groups in total. The van der Waals surface area contributed by atoms with E-state index in [0.717, 1.165) is 6.21 Å². The van der Waals surface area contributed by atoms with E-state index in [1.807, 2.05) is 0 Å². The van der Waals surface area contributed by atoms with Gasteiger partial charge in [-0.2, -0.15) is 4.79 Å². The van der Waals surface area contributed by atoms with Crippen LogP contribution in [0.5, 0.6) is 5.75 Å². The first-order valence-electron chi connectivity index (χ1n) is 3.25. The van der Waals surface area contributed by atoms with Crippen molar-refractivity contribution in [2.24, 2.45) is 0 Å². The molecule has 0 unspecified atom stereocenters. The number of carbonyl (C=O) groups is 1. The van der Waals surface area contributed by atoms with Crippen molar-refractivity contribution in [3.8, 4) is 5.75 Å². The van der Waals surface area contributed by atoms with Crippen molar-refractivity contribution in [3.63, 3.8) is 0 Å². The molecule has 0 aromatic heterocycles. The Morgan fingerprint density at radius 2 is 2.00 bits per heavy atom. The van der Waals surface area contributed by atoms with Crippen LogP contribution in [0.25, 0.3) is 5.53 Å². The van der Waals surface area contributed by atoms with Crippen LogP contribution in [0.1, 0.15) is 10.4 Å². The number of phenolic OH excluding ortho intramolecular Hbond substituents is 1. The highest BCUT2D eigenvalue weighted by atomic mass is 16.3. The van der Waals surface area contributed by atoms with Gasteiger partial charge >= 0.3 is 6.21 Å². The molecule has 0 fully saturated rings. The number of hydrogen-bond acceptors (Lipinski definition) is 2. The van der Waals surface area contributed by atoms with E-state index in [4.69, 9.17) is 10.6 Å². The lowest BCUT2D eigenvalue weighted by Crippen LogP contribution is -1.99. The number of rotatable bonds is 2. The summed E-state index contributed by atoms with van der Waals surface area (Å²) >= 11 is 0. The predicted octanol–water partition coefficient (Wildman–Crippen LogP) is 0.876. The lowest BCUT2D eigenvalue weighted by atomic mass is 10.1. The Bertz CT molecular complexity index is 337. The fourth-order valence-electron chi connectivity index (χ4n) is 0.753. The van der Waals surface area contributed by atoms with Crippen LogP contribution in [-0.4, -0.2) is 21.9 Å². The van der Waals surface area contributed by atoms with E-state index in [2.05, 4.69) is 4.79 Å². The highest BCUT2D eigenvalue weighted by molar-refractivity contribution is 6.33. The molecule has 0 aliphatic carbocycles. The third-order valence-corrected chi connectivity index (χ3v) is 1.33. The van der Waals surface area contributed by atoms with E-state index >= 15 is 0 Å². The molecule has 0 spiro atoms. The van der Waals surface area contributed by atoms with Crippen LogP contribution < -0.4 is 0 Å². The van der Waals surface area contributed by atoms with Gasteiger partial charge in [0, 0.05) is 5.56 Å². The van der Waals surface area contributed by atoms with Gasteiger partial charge in [0.05, 0.1) is 0 Å². The van der Waals surface area contributed by atoms with Crippen molar-refractivity contribution >= 4 is 12.0 Å². The predicted molar refractivity (Wildman–Crippen MR) is 42.1 cm³/mol. The molecule has 60 valence electrons. The second kappa shape index (κ2) is 3.46. The molecule has 0 amide bonds. The molecular formula is C8H6N2O2. The van der Waals surface area contributed by atoms with Crippen LogP contribution in [-0.2, 0) is 0 Å². The molecule has 1 rings (SSSR count). The zero-order chi connectivity index (χ0) is 8.97. The Morgan fingerprint density at radius 1 is 1.42 bits per heavy atom. The molecule has 4 heteroatoms. The second-order valence-electron chi connectivity index (χ2n) is 2.16. The SMILES string of the molecule is [N-]=[N+]=CC(=O)c1ccc(O)cc1. The van der Waals surface area contributed by atoms with E-state index in [0.29, 0.717) is 5.56 Å². The molecule has 0 radical (unpaired) electrons. The molecule has 0 heterocycles. The van der Waals surface area contributed by atoms with Gasteiger partial charge in [0.25, 0.3) is 5.78 Å². The highest BCUT2D eigenvalue weighted by Gasteiger charge is 2.05. The standard InChI is InChI=1S/C8H6N2O2/c9-10-5-8(12)6-1-3-7(11)4-2-6/h1-5,11H. The minimum atomic E-state index is -0.405. The Kier molecular flexibility index (Phi) is 2.35. The Hall–Kier alpha value is -1.93. The van der Waals surface area contributed by atoms with Gasteiger partial charge < -0.3 is 10.6 Å². The second-order valence-corrected chi connectivity index (χ2v) is 2.16. The number of phenols is 1. The van der Waals surface area contributed by atoms with Gasteiger partial charge in [-0.25, -0.2) is 0 Å². The largest absolute Gasteiger partial charge is 0.508 e. The number of ketones is 1. The fourth-order valence-corrected chi connectivity index (χ4v) is 0.753. The minimum absolute atomic E-state index is 0.0903. The Labute approximate surface area is 68.7 Å². The van der Waals surface area contributed by atoms with Crippen LogP contribution in [0.15, 0.2) is 24.3 Å². The van der Waals surface area contributed by atoms with Crippen molar-refractivity contribution in [1.29, 1.82) is 0 Å². The van der Waals surface area contributed by atoms with Gasteiger partial charge in [0.2, 0.25) is 0 Å². The zero-order valence-corrected chi connectivity index (χ0v) is 6.14. The number of aromatic hydroxyl groups is 1. The van der Waals surface area contributed by atoms with E-state index in [-0.39, 0.29) is 5.75 Å². The Balaban J connectivity index is 2.97. The molecule has 0 aliphatic rings. The molecule has 4 nitrogen and oxygen atoms in total. The van der Waals surface area contributed by atoms with Crippen molar-refractivity contribution in [3.05, 3.63) is 35.4 Å². The van der Waals surface area contributed by atoms with Crippen LogP contribution in [0.3, 0.4) is 0 Å². The molecule has 1 aromatic carbocycles. The van der Waals surface area contributed by atoms with Crippen molar-refractivity contribution in [2.75, 3.05) is 0 Å². The molecular weight excluding hydrogens is 156 g/mol. The minimum Gasteiger partial charge on any atom is -0.508 e.